The average Bonchev–Trinajstić information content (AvgIpc) is 2.77. The summed E-state index contributed by atoms with van der Waals surface area (Å²) in [6.45, 7) is 0. The quantitative estimate of drug-likeness (QED) is 0.835. The van der Waals surface area contributed by atoms with Gasteiger partial charge in [-0.25, -0.2) is 8.42 Å². The van der Waals surface area contributed by atoms with Crippen molar-refractivity contribution < 1.29 is 13.2 Å². The highest BCUT2D eigenvalue weighted by Crippen LogP contribution is 2.19. The van der Waals surface area contributed by atoms with Crippen LogP contribution in [0.5, 0.6) is 0 Å². The Labute approximate surface area is 120 Å². The molecule has 1 saturated heterocycles. The van der Waals surface area contributed by atoms with Gasteiger partial charge < -0.3 is 9.80 Å². The second kappa shape index (κ2) is 5.44. The monoisotopic (exact) mass is 296 g/mol. The summed E-state index contributed by atoms with van der Waals surface area (Å²) in [7, 11) is 2.57. The van der Waals surface area contributed by atoms with Crippen LogP contribution in [0.25, 0.3) is 0 Å². The highest BCUT2D eigenvalue weighted by atomic mass is 32.2. The third-order valence-electron chi connectivity index (χ3n) is 3.71. The molecule has 1 aliphatic heterocycles. The molecular weight excluding hydrogens is 276 g/mol. The Bertz CT molecular complexity index is 593. The Balaban J connectivity index is 2.11. The van der Waals surface area contributed by atoms with E-state index < -0.39 is 9.84 Å². The fraction of sp³-hybridized carbons (Fsp3) is 0.500. The molecule has 1 atom stereocenters. The van der Waals surface area contributed by atoms with Gasteiger partial charge in [0.05, 0.1) is 11.5 Å². The molecule has 0 aromatic heterocycles. The molecule has 20 heavy (non-hydrogen) atoms. The molecule has 5 nitrogen and oxygen atoms in total. The predicted molar refractivity (Wildman–Crippen MR) is 79.9 cm³/mol. The zero-order chi connectivity index (χ0) is 14.9. The molecule has 0 saturated carbocycles. The van der Waals surface area contributed by atoms with Crippen LogP contribution in [0.1, 0.15) is 16.8 Å². The molecule has 2 rings (SSSR count). The summed E-state index contributed by atoms with van der Waals surface area (Å²) in [4.78, 5) is 15.9. The van der Waals surface area contributed by atoms with Gasteiger partial charge in [0.15, 0.2) is 9.84 Å². The zero-order valence-corrected chi connectivity index (χ0v) is 12.9. The fourth-order valence-corrected chi connectivity index (χ4v) is 4.13. The largest absolute Gasteiger partial charge is 0.378 e. The van der Waals surface area contributed by atoms with Gasteiger partial charge in [0.1, 0.15) is 0 Å². The van der Waals surface area contributed by atoms with Gasteiger partial charge in [-0.05, 0) is 30.7 Å². The second-order valence-corrected chi connectivity index (χ2v) is 7.64. The van der Waals surface area contributed by atoms with Gasteiger partial charge in [0, 0.05) is 38.4 Å². The van der Waals surface area contributed by atoms with E-state index in [1.54, 1.807) is 24.1 Å². The topological polar surface area (TPSA) is 57.7 Å². The van der Waals surface area contributed by atoms with Crippen LogP contribution in [0.15, 0.2) is 24.3 Å². The summed E-state index contributed by atoms with van der Waals surface area (Å²) in [5.74, 6) is 0.122. The molecule has 0 bridgehead atoms. The number of benzene rings is 1. The molecule has 1 fully saturated rings. The van der Waals surface area contributed by atoms with Gasteiger partial charge in [0.2, 0.25) is 0 Å². The summed E-state index contributed by atoms with van der Waals surface area (Å²) < 4.78 is 23.0. The van der Waals surface area contributed by atoms with E-state index in [0.29, 0.717) is 12.0 Å². The fourth-order valence-electron chi connectivity index (χ4n) is 2.35. The van der Waals surface area contributed by atoms with Gasteiger partial charge in [-0.15, -0.1) is 0 Å². The summed E-state index contributed by atoms with van der Waals surface area (Å²) >= 11 is 0. The minimum atomic E-state index is -2.97. The highest BCUT2D eigenvalue weighted by Gasteiger charge is 2.32. The molecule has 1 amide bonds. The predicted octanol–water partition coefficient (Wildman–Crippen LogP) is 1.01. The molecule has 0 radical (unpaired) electrons. The number of amides is 1. The number of carbonyl (C=O) groups excluding carboxylic acids is 1. The van der Waals surface area contributed by atoms with Crippen molar-refractivity contribution in [1.29, 1.82) is 0 Å². The molecule has 0 spiro atoms. The van der Waals surface area contributed by atoms with Crippen molar-refractivity contribution in [2.75, 3.05) is 37.5 Å². The third-order valence-corrected chi connectivity index (χ3v) is 5.46. The molecule has 6 heteroatoms. The van der Waals surface area contributed by atoms with Crippen molar-refractivity contribution in [3.05, 3.63) is 29.8 Å². The Morgan fingerprint density at radius 2 is 1.75 bits per heavy atom. The molecule has 0 N–H and O–H groups in total. The highest BCUT2D eigenvalue weighted by molar-refractivity contribution is 7.91. The number of sulfone groups is 1. The van der Waals surface area contributed by atoms with Gasteiger partial charge >= 0.3 is 0 Å². The molecule has 1 heterocycles. The van der Waals surface area contributed by atoms with Crippen LogP contribution in [0.2, 0.25) is 0 Å². The Kier molecular flexibility index (Phi) is 4.04. The summed E-state index contributed by atoms with van der Waals surface area (Å²) in [6, 6.07) is 7.11. The normalized spacial score (nSPS) is 20.6. The summed E-state index contributed by atoms with van der Waals surface area (Å²) in [5, 5.41) is 0. The molecule has 1 aromatic rings. The zero-order valence-electron chi connectivity index (χ0n) is 12.0. The van der Waals surface area contributed by atoms with Crippen LogP contribution >= 0.6 is 0 Å². The van der Waals surface area contributed by atoms with E-state index in [9.17, 15) is 13.2 Å². The van der Waals surface area contributed by atoms with E-state index in [-0.39, 0.29) is 23.5 Å². The number of carbonyl (C=O) groups is 1. The summed E-state index contributed by atoms with van der Waals surface area (Å²) in [6.07, 6.45) is 0.528. The molecule has 0 aliphatic carbocycles. The standard InChI is InChI=1S/C14H20N2O3S/c1-15(2)12-6-4-11(5-7-12)14(17)16(3)13-8-9-20(18,19)10-13/h4-7,13H,8-10H2,1-3H3. The van der Waals surface area contributed by atoms with Crippen LogP contribution in [-0.4, -0.2) is 57.9 Å². The van der Waals surface area contributed by atoms with Gasteiger partial charge in [-0.3, -0.25) is 4.79 Å². The maximum Gasteiger partial charge on any atom is 0.253 e. The first-order chi connectivity index (χ1) is 9.30. The van der Waals surface area contributed by atoms with Crippen molar-refractivity contribution in [2.24, 2.45) is 0 Å². The lowest BCUT2D eigenvalue weighted by atomic mass is 10.1. The molecule has 110 valence electrons. The van der Waals surface area contributed by atoms with E-state index in [1.165, 1.54) is 0 Å². The van der Waals surface area contributed by atoms with E-state index in [0.717, 1.165) is 5.69 Å². The lowest BCUT2D eigenvalue weighted by Gasteiger charge is -2.23. The third kappa shape index (κ3) is 3.12. The average molecular weight is 296 g/mol. The van der Waals surface area contributed by atoms with Crippen LogP contribution in [0.3, 0.4) is 0 Å². The number of rotatable bonds is 3. The first-order valence-electron chi connectivity index (χ1n) is 6.55. The Hall–Kier alpha value is -1.56. The first kappa shape index (κ1) is 14.8. The Morgan fingerprint density at radius 1 is 1.15 bits per heavy atom. The lowest BCUT2D eigenvalue weighted by molar-refractivity contribution is 0.0747. The van der Waals surface area contributed by atoms with E-state index in [4.69, 9.17) is 0 Å². The maximum absolute atomic E-state index is 12.3. The molecule has 1 aromatic carbocycles. The van der Waals surface area contributed by atoms with Crippen molar-refractivity contribution in [3.63, 3.8) is 0 Å². The minimum absolute atomic E-state index is 0.0744. The molecular formula is C14H20N2O3S. The van der Waals surface area contributed by atoms with Crippen molar-refractivity contribution in [3.8, 4) is 0 Å². The maximum atomic E-state index is 12.3. The Morgan fingerprint density at radius 3 is 2.20 bits per heavy atom. The number of hydrogen-bond donors (Lipinski definition) is 0. The minimum Gasteiger partial charge on any atom is -0.378 e. The van der Waals surface area contributed by atoms with Crippen LogP contribution in [0.4, 0.5) is 5.69 Å². The molecule has 1 aliphatic rings. The van der Waals surface area contributed by atoms with Crippen LogP contribution in [-0.2, 0) is 9.84 Å². The number of hydrogen-bond acceptors (Lipinski definition) is 4. The van der Waals surface area contributed by atoms with E-state index >= 15 is 0 Å². The van der Waals surface area contributed by atoms with Crippen molar-refractivity contribution >= 4 is 21.4 Å². The SMILES string of the molecule is CN(C)c1ccc(C(=O)N(C)C2CCS(=O)(=O)C2)cc1. The number of nitrogens with zero attached hydrogens (tertiary/aromatic N) is 2. The smallest absolute Gasteiger partial charge is 0.253 e. The van der Waals surface area contributed by atoms with Gasteiger partial charge in [0.25, 0.3) is 5.91 Å². The van der Waals surface area contributed by atoms with Crippen LogP contribution < -0.4 is 4.90 Å². The van der Waals surface area contributed by atoms with Gasteiger partial charge in [-0.2, -0.15) is 0 Å². The van der Waals surface area contributed by atoms with Crippen molar-refractivity contribution in [2.45, 2.75) is 12.5 Å². The first-order valence-corrected chi connectivity index (χ1v) is 8.37. The second-order valence-electron chi connectivity index (χ2n) is 5.41. The lowest BCUT2D eigenvalue weighted by Crippen LogP contribution is -2.37. The van der Waals surface area contributed by atoms with Crippen molar-refractivity contribution in [1.82, 2.24) is 4.90 Å². The van der Waals surface area contributed by atoms with Crippen LogP contribution in [0, 0.1) is 0 Å². The number of anilines is 1. The van der Waals surface area contributed by atoms with E-state index in [2.05, 4.69) is 0 Å². The molecule has 1 unspecified atom stereocenters. The van der Waals surface area contributed by atoms with Gasteiger partial charge in [-0.1, -0.05) is 0 Å². The summed E-state index contributed by atoms with van der Waals surface area (Å²) in [5.41, 5.74) is 1.61. The van der Waals surface area contributed by atoms with E-state index in [1.807, 2.05) is 31.1 Å².